The van der Waals surface area contributed by atoms with Crippen LogP contribution in [0.25, 0.3) is 0 Å². The molecule has 0 saturated heterocycles. The molecule has 0 bridgehead atoms. The first-order chi connectivity index (χ1) is 2.91. The largest absolute Gasteiger partial charge is 0.198 e. The van der Waals surface area contributed by atoms with Crippen LogP contribution in [0, 0.1) is 11.3 Å². The summed E-state index contributed by atoms with van der Waals surface area (Å²) in [4.78, 5) is 1.68. The van der Waals surface area contributed by atoms with Gasteiger partial charge in [0.15, 0.2) is 0 Å². The smallest absolute Gasteiger partial charge is 0.0663 e. The number of allylic oxidation sites excluding steroid dienone is 1. The molecule has 0 aliphatic rings. The number of hydrogen-bond acceptors (Lipinski definition) is 1. The predicted molar refractivity (Wildman–Crippen MR) is 28.3 cm³/mol. The van der Waals surface area contributed by atoms with Gasteiger partial charge in [-0.05, 0) is 4.99 Å². The summed E-state index contributed by atoms with van der Waals surface area (Å²) in [5.74, 6) is 0. The molecule has 0 aliphatic carbocycles. The standard InChI is InChI=1S/C4H4BrN/c5-3-1-2-4-6/h1,3H,2H2/b3-1+. The van der Waals surface area contributed by atoms with Gasteiger partial charge in [0, 0.05) is 0 Å². The lowest BCUT2D eigenvalue weighted by atomic mass is 10.5. The summed E-state index contributed by atoms with van der Waals surface area (Å²) in [6, 6.07) is 1.95. The van der Waals surface area contributed by atoms with Crippen molar-refractivity contribution < 1.29 is 0 Å². The van der Waals surface area contributed by atoms with Crippen molar-refractivity contribution in [2.24, 2.45) is 0 Å². The van der Waals surface area contributed by atoms with Crippen LogP contribution in [0.4, 0.5) is 0 Å². The van der Waals surface area contributed by atoms with Gasteiger partial charge < -0.3 is 0 Å². The Labute approximate surface area is 45.4 Å². The van der Waals surface area contributed by atoms with Crippen LogP contribution in [0.2, 0.25) is 0 Å². The Morgan fingerprint density at radius 2 is 2.50 bits per heavy atom. The molecule has 0 amide bonds. The van der Waals surface area contributed by atoms with E-state index in [0.29, 0.717) is 6.42 Å². The molecule has 0 radical (unpaired) electrons. The summed E-state index contributed by atoms with van der Waals surface area (Å²) in [6.07, 6.45) is 2.23. The number of hydrogen-bond donors (Lipinski definition) is 0. The molecule has 0 spiro atoms. The fourth-order valence-corrected chi connectivity index (χ4v) is 0.284. The Morgan fingerprint density at radius 1 is 1.83 bits per heavy atom. The molecule has 0 aromatic rings. The Morgan fingerprint density at radius 3 is 2.67 bits per heavy atom. The lowest BCUT2D eigenvalue weighted by molar-refractivity contribution is 1.36. The third-order valence-corrected chi connectivity index (χ3v) is 0.672. The van der Waals surface area contributed by atoms with Crippen molar-refractivity contribution in [2.45, 2.75) is 6.42 Å². The molecule has 0 heterocycles. The normalized spacial score (nSPS) is 8.67. The minimum Gasteiger partial charge on any atom is -0.198 e. The molecule has 32 valence electrons. The van der Waals surface area contributed by atoms with Gasteiger partial charge in [0.05, 0.1) is 12.5 Å². The molecule has 0 aromatic carbocycles. The zero-order valence-corrected chi connectivity index (χ0v) is 4.77. The molecule has 0 unspecified atom stereocenters. The van der Waals surface area contributed by atoms with Gasteiger partial charge in [-0.15, -0.1) is 0 Å². The van der Waals surface area contributed by atoms with Crippen molar-refractivity contribution in [3.63, 3.8) is 0 Å². The second-order valence-electron chi connectivity index (χ2n) is 0.724. The van der Waals surface area contributed by atoms with Crippen molar-refractivity contribution >= 4 is 15.9 Å². The average Bonchev–Trinajstić information content (AvgIpc) is 1.61. The number of halogens is 1. The molecule has 1 nitrogen and oxygen atoms in total. The highest BCUT2D eigenvalue weighted by Crippen LogP contribution is 1.84. The highest BCUT2D eigenvalue weighted by Gasteiger charge is 1.62. The zero-order chi connectivity index (χ0) is 4.83. The van der Waals surface area contributed by atoms with Gasteiger partial charge >= 0.3 is 0 Å². The van der Waals surface area contributed by atoms with Gasteiger partial charge in [0.1, 0.15) is 0 Å². The summed E-state index contributed by atoms with van der Waals surface area (Å²) in [5.41, 5.74) is 0. The van der Waals surface area contributed by atoms with Crippen LogP contribution < -0.4 is 0 Å². The summed E-state index contributed by atoms with van der Waals surface area (Å²) < 4.78 is 0. The van der Waals surface area contributed by atoms with Crippen molar-refractivity contribution in [1.29, 1.82) is 5.26 Å². The first-order valence-electron chi connectivity index (χ1n) is 1.54. The first kappa shape index (κ1) is 5.71. The van der Waals surface area contributed by atoms with Crippen molar-refractivity contribution in [3.05, 3.63) is 11.1 Å². The average molecular weight is 146 g/mol. The molecule has 0 atom stereocenters. The van der Waals surface area contributed by atoms with Crippen LogP contribution in [0.3, 0.4) is 0 Å². The molecular formula is C4H4BrN. The van der Waals surface area contributed by atoms with Gasteiger partial charge in [0.25, 0.3) is 0 Å². The Hall–Kier alpha value is -0.290. The van der Waals surface area contributed by atoms with Gasteiger partial charge in [-0.2, -0.15) is 5.26 Å². The lowest BCUT2D eigenvalue weighted by Gasteiger charge is -1.61. The van der Waals surface area contributed by atoms with Crippen LogP contribution in [-0.2, 0) is 0 Å². The maximum absolute atomic E-state index is 7.88. The highest BCUT2D eigenvalue weighted by molar-refractivity contribution is 9.11. The molecular weight excluding hydrogens is 142 g/mol. The minimum absolute atomic E-state index is 0.491. The number of nitriles is 1. The van der Waals surface area contributed by atoms with E-state index in [1.165, 1.54) is 0 Å². The summed E-state index contributed by atoms with van der Waals surface area (Å²) in [6.45, 7) is 0. The minimum atomic E-state index is 0.491. The molecule has 0 saturated carbocycles. The van der Waals surface area contributed by atoms with Crippen LogP contribution in [0.15, 0.2) is 11.1 Å². The zero-order valence-electron chi connectivity index (χ0n) is 3.19. The second-order valence-corrected chi connectivity index (χ2v) is 1.25. The van der Waals surface area contributed by atoms with Crippen LogP contribution >= 0.6 is 15.9 Å². The maximum atomic E-state index is 7.88. The van der Waals surface area contributed by atoms with Crippen molar-refractivity contribution in [1.82, 2.24) is 0 Å². The van der Waals surface area contributed by atoms with Gasteiger partial charge in [-0.3, -0.25) is 0 Å². The highest BCUT2D eigenvalue weighted by atomic mass is 79.9. The molecule has 0 rings (SSSR count). The van der Waals surface area contributed by atoms with Gasteiger partial charge in [-0.1, -0.05) is 22.0 Å². The third kappa shape index (κ3) is 3.71. The monoisotopic (exact) mass is 145 g/mol. The molecule has 2 heteroatoms. The number of nitrogens with zero attached hydrogens (tertiary/aromatic N) is 1. The fourth-order valence-electron chi connectivity index (χ4n) is 0.0972. The van der Waals surface area contributed by atoms with E-state index < -0.39 is 0 Å². The predicted octanol–water partition coefficient (Wildman–Crippen LogP) is 1.81. The Bertz CT molecular complexity index is 80.0. The van der Waals surface area contributed by atoms with Crippen molar-refractivity contribution in [3.8, 4) is 6.07 Å². The van der Waals surface area contributed by atoms with E-state index in [4.69, 9.17) is 5.26 Å². The summed E-state index contributed by atoms with van der Waals surface area (Å²) >= 11 is 3.02. The Balaban J connectivity index is 2.92. The van der Waals surface area contributed by atoms with Crippen molar-refractivity contribution in [2.75, 3.05) is 0 Å². The summed E-state index contributed by atoms with van der Waals surface area (Å²) in [5, 5.41) is 7.88. The quantitative estimate of drug-likeness (QED) is 0.553. The third-order valence-electron chi connectivity index (χ3n) is 0.298. The number of rotatable bonds is 1. The molecule has 6 heavy (non-hydrogen) atoms. The van der Waals surface area contributed by atoms with Gasteiger partial charge in [0.2, 0.25) is 0 Å². The fraction of sp³-hybridized carbons (Fsp3) is 0.250. The topological polar surface area (TPSA) is 23.8 Å². The van der Waals surface area contributed by atoms with Crippen LogP contribution in [0.5, 0.6) is 0 Å². The van der Waals surface area contributed by atoms with E-state index in [9.17, 15) is 0 Å². The van der Waals surface area contributed by atoms with E-state index in [1.54, 1.807) is 11.1 Å². The molecule has 0 aliphatic heterocycles. The molecule has 0 N–H and O–H groups in total. The van der Waals surface area contributed by atoms with E-state index in [-0.39, 0.29) is 0 Å². The Kier molecular flexibility index (Phi) is 4.48. The van der Waals surface area contributed by atoms with Crippen LogP contribution in [-0.4, -0.2) is 0 Å². The van der Waals surface area contributed by atoms with Crippen LogP contribution in [0.1, 0.15) is 6.42 Å². The SMILES string of the molecule is N#CC/C=C/Br. The van der Waals surface area contributed by atoms with E-state index in [0.717, 1.165) is 0 Å². The van der Waals surface area contributed by atoms with Gasteiger partial charge in [-0.25, -0.2) is 0 Å². The molecule has 0 fully saturated rings. The second kappa shape index (κ2) is 4.71. The van der Waals surface area contributed by atoms with E-state index >= 15 is 0 Å². The first-order valence-corrected chi connectivity index (χ1v) is 2.45. The van der Waals surface area contributed by atoms with E-state index in [1.807, 2.05) is 6.07 Å². The summed E-state index contributed by atoms with van der Waals surface area (Å²) in [7, 11) is 0. The maximum Gasteiger partial charge on any atom is 0.0663 e. The lowest BCUT2D eigenvalue weighted by Crippen LogP contribution is -1.48. The molecule has 0 aromatic heterocycles. The van der Waals surface area contributed by atoms with E-state index in [2.05, 4.69) is 15.9 Å².